The zero-order valence-corrected chi connectivity index (χ0v) is 18.0. The smallest absolute Gasteiger partial charge is 0.130 e. The SMILES string of the molecule is Fc1ccccc1C1CCc2cc(OC3CCC(NCC4CCOC4)CC3)ccc2O1. The standard InChI is InChI=1S/C26H32FNO3/c27-24-4-2-1-3-23(24)26-11-5-19-15-22(10-12-25(19)31-26)30-21-8-6-20(7-9-21)28-16-18-13-14-29-17-18/h1-4,10,12,15,18,20-21,26,28H,5-9,11,13-14,16-17H2. The van der Waals surface area contributed by atoms with Gasteiger partial charge in [-0.25, -0.2) is 4.39 Å². The van der Waals surface area contributed by atoms with Gasteiger partial charge in [-0.2, -0.15) is 0 Å². The molecule has 5 heteroatoms. The minimum absolute atomic E-state index is 0.197. The maximum Gasteiger partial charge on any atom is 0.130 e. The Bertz CT molecular complexity index is 875. The average molecular weight is 426 g/mol. The van der Waals surface area contributed by atoms with Gasteiger partial charge >= 0.3 is 0 Å². The number of nitrogens with one attached hydrogen (secondary N) is 1. The number of hydrogen-bond donors (Lipinski definition) is 1. The molecule has 31 heavy (non-hydrogen) atoms. The van der Waals surface area contributed by atoms with Crippen LogP contribution in [0.5, 0.6) is 11.5 Å². The van der Waals surface area contributed by atoms with Crippen LogP contribution in [-0.2, 0) is 11.2 Å². The molecular formula is C26H32FNO3. The van der Waals surface area contributed by atoms with Crippen LogP contribution in [-0.4, -0.2) is 31.9 Å². The number of hydrogen-bond acceptors (Lipinski definition) is 4. The molecule has 2 atom stereocenters. The van der Waals surface area contributed by atoms with E-state index in [0.29, 0.717) is 17.5 Å². The van der Waals surface area contributed by atoms with Gasteiger partial charge in [0, 0.05) is 24.8 Å². The van der Waals surface area contributed by atoms with Gasteiger partial charge in [0.05, 0.1) is 12.7 Å². The number of benzene rings is 2. The summed E-state index contributed by atoms with van der Waals surface area (Å²) < 4.78 is 32.0. The molecule has 4 nitrogen and oxygen atoms in total. The maximum absolute atomic E-state index is 14.1. The van der Waals surface area contributed by atoms with Gasteiger partial charge in [0.25, 0.3) is 0 Å². The first kappa shape index (κ1) is 20.8. The molecule has 1 aliphatic carbocycles. The highest BCUT2D eigenvalue weighted by Gasteiger charge is 2.26. The molecule has 5 rings (SSSR count). The summed E-state index contributed by atoms with van der Waals surface area (Å²) in [7, 11) is 0. The summed E-state index contributed by atoms with van der Waals surface area (Å²) in [4.78, 5) is 0. The van der Waals surface area contributed by atoms with E-state index >= 15 is 0 Å². The van der Waals surface area contributed by atoms with E-state index in [1.165, 1.54) is 12.5 Å². The highest BCUT2D eigenvalue weighted by Crippen LogP contribution is 2.38. The van der Waals surface area contributed by atoms with Crippen LogP contribution < -0.4 is 14.8 Å². The largest absolute Gasteiger partial charge is 0.490 e. The molecule has 2 aromatic carbocycles. The molecule has 3 aliphatic rings. The molecule has 0 spiro atoms. The predicted octanol–water partition coefficient (Wildman–Crippen LogP) is 5.21. The molecule has 2 aromatic rings. The van der Waals surface area contributed by atoms with Gasteiger partial charge in [-0.1, -0.05) is 18.2 Å². The minimum atomic E-state index is -0.223. The van der Waals surface area contributed by atoms with E-state index in [1.54, 1.807) is 6.07 Å². The van der Waals surface area contributed by atoms with Crippen molar-refractivity contribution in [2.45, 2.75) is 63.2 Å². The lowest BCUT2D eigenvalue weighted by molar-refractivity contribution is 0.136. The normalized spacial score (nSPS) is 28.0. The van der Waals surface area contributed by atoms with Crippen molar-refractivity contribution >= 4 is 0 Å². The zero-order chi connectivity index (χ0) is 21.0. The van der Waals surface area contributed by atoms with Crippen molar-refractivity contribution in [2.75, 3.05) is 19.8 Å². The lowest BCUT2D eigenvalue weighted by Crippen LogP contribution is -2.38. The van der Waals surface area contributed by atoms with Crippen LogP contribution in [0.25, 0.3) is 0 Å². The summed E-state index contributed by atoms with van der Waals surface area (Å²) in [6.45, 7) is 2.91. The Hall–Kier alpha value is -2.11. The van der Waals surface area contributed by atoms with Gasteiger partial charge in [-0.3, -0.25) is 0 Å². The van der Waals surface area contributed by atoms with Crippen LogP contribution in [0.3, 0.4) is 0 Å². The van der Waals surface area contributed by atoms with Crippen molar-refractivity contribution in [2.24, 2.45) is 5.92 Å². The number of ether oxygens (including phenoxy) is 3. The predicted molar refractivity (Wildman–Crippen MR) is 118 cm³/mol. The fraction of sp³-hybridized carbons (Fsp3) is 0.538. The van der Waals surface area contributed by atoms with Crippen molar-refractivity contribution in [3.05, 3.63) is 59.4 Å². The summed E-state index contributed by atoms with van der Waals surface area (Å²) in [5, 5.41) is 3.73. The molecule has 2 heterocycles. The molecular weight excluding hydrogens is 393 g/mol. The Morgan fingerprint density at radius 1 is 1.00 bits per heavy atom. The van der Waals surface area contributed by atoms with E-state index in [1.807, 2.05) is 24.3 Å². The second kappa shape index (κ2) is 9.58. The van der Waals surface area contributed by atoms with Gasteiger partial charge in [-0.15, -0.1) is 0 Å². The third kappa shape index (κ3) is 5.04. The van der Waals surface area contributed by atoms with Crippen molar-refractivity contribution in [3.63, 3.8) is 0 Å². The molecule has 166 valence electrons. The highest BCUT2D eigenvalue weighted by atomic mass is 19.1. The number of rotatable bonds is 6. The molecule has 2 fully saturated rings. The molecule has 2 aliphatic heterocycles. The molecule has 0 aromatic heterocycles. The summed E-state index contributed by atoms with van der Waals surface area (Å²) >= 11 is 0. The van der Waals surface area contributed by atoms with E-state index in [0.717, 1.165) is 75.3 Å². The molecule has 0 radical (unpaired) electrons. The lowest BCUT2D eigenvalue weighted by Gasteiger charge is -2.31. The minimum Gasteiger partial charge on any atom is -0.490 e. The third-order valence-corrected chi connectivity index (χ3v) is 6.93. The fourth-order valence-electron chi connectivity index (χ4n) is 5.05. The van der Waals surface area contributed by atoms with Crippen molar-refractivity contribution in [1.29, 1.82) is 0 Å². The first-order valence-electron chi connectivity index (χ1n) is 11.8. The summed E-state index contributed by atoms with van der Waals surface area (Å²) in [6, 6.07) is 13.6. The van der Waals surface area contributed by atoms with Gasteiger partial charge < -0.3 is 19.5 Å². The Labute approximate surface area is 184 Å². The molecule has 0 bridgehead atoms. The first-order valence-corrected chi connectivity index (χ1v) is 11.8. The van der Waals surface area contributed by atoms with Crippen molar-refractivity contribution in [1.82, 2.24) is 5.32 Å². The Morgan fingerprint density at radius 3 is 2.68 bits per heavy atom. The van der Waals surface area contributed by atoms with Crippen LogP contribution in [0.2, 0.25) is 0 Å². The topological polar surface area (TPSA) is 39.7 Å². The quantitative estimate of drug-likeness (QED) is 0.690. The van der Waals surface area contributed by atoms with Gasteiger partial charge in [0.2, 0.25) is 0 Å². The van der Waals surface area contributed by atoms with Crippen molar-refractivity contribution in [3.8, 4) is 11.5 Å². The van der Waals surface area contributed by atoms with E-state index < -0.39 is 0 Å². The summed E-state index contributed by atoms with van der Waals surface area (Å²) in [5.41, 5.74) is 1.79. The fourth-order valence-corrected chi connectivity index (χ4v) is 5.05. The van der Waals surface area contributed by atoms with Gasteiger partial charge in [0.1, 0.15) is 23.4 Å². The van der Waals surface area contributed by atoms with Crippen LogP contribution in [0.15, 0.2) is 42.5 Å². The molecule has 2 unspecified atom stereocenters. The molecule has 1 saturated heterocycles. The van der Waals surface area contributed by atoms with Crippen LogP contribution in [0.4, 0.5) is 4.39 Å². The van der Waals surface area contributed by atoms with E-state index in [4.69, 9.17) is 14.2 Å². The van der Waals surface area contributed by atoms with E-state index in [2.05, 4.69) is 11.4 Å². The van der Waals surface area contributed by atoms with E-state index in [9.17, 15) is 4.39 Å². The van der Waals surface area contributed by atoms with Crippen LogP contribution in [0, 0.1) is 11.7 Å². The Balaban J connectivity index is 1.12. The second-order valence-corrected chi connectivity index (χ2v) is 9.17. The van der Waals surface area contributed by atoms with Crippen molar-refractivity contribution < 1.29 is 18.6 Å². The first-order chi connectivity index (χ1) is 15.2. The zero-order valence-electron chi connectivity index (χ0n) is 18.0. The molecule has 1 N–H and O–H groups in total. The Kier molecular flexibility index (Phi) is 6.42. The average Bonchev–Trinajstić information content (AvgIpc) is 3.32. The second-order valence-electron chi connectivity index (χ2n) is 9.17. The maximum atomic E-state index is 14.1. The number of fused-ring (bicyclic) bond motifs is 1. The van der Waals surface area contributed by atoms with Crippen LogP contribution >= 0.6 is 0 Å². The monoisotopic (exact) mass is 425 g/mol. The van der Waals surface area contributed by atoms with Crippen LogP contribution in [0.1, 0.15) is 55.8 Å². The molecule has 0 amide bonds. The Morgan fingerprint density at radius 2 is 1.87 bits per heavy atom. The lowest BCUT2D eigenvalue weighted by atomic mass is 9.92. The molecule has 1 saturated carbocycles. The summed E-state index contributed by atoms with van der Waals surface area (Å²) in [5.74, 6) is 2.25. The number of aryl methyl sites for hydroxylation is 1. The number of halogens is 1. The highest BCUT2D eigenvalue weighted by molar-refractivity contribution is 5.42. The van der Waals surface area contributed by atoms with Gasteiger partial charge in [0.15, 0.2) is 0 Å². The third-order valence-electron chi connectivity index (χ3n) is 6.93. The van der Waals surface area contributed by atoms with E-state index in [-0.39, 0.29) is 18.0 Å². The van der Waals surface area contributed by atoms with Gasteiger partial charge in [-0.05, 0) is 80.7 Å². The summed E-state index contributed by atoms with van der Waals surface area (Å²) in [6.07, 6.45) is 7.39.